The molecule has 0 amide bonds. The number of hydrogen-bond donors (Lipinski definition) is 1. The second-order valence-electron chi connectivity index (χ2n) is 5.42. The Labute approximate surface area is 116 Å². The smallest absolute Gasteiger partial charge is 0.0804 e. The van der Waals surface area contributed by atoms with E-state index < -0.39 is 0 Å². The summed E-state index contributed by atoms with van der Waals surface area (Å²) in [6.45, 7) is 4.75. The Morgan fingerprint density at radius 3 is 2.68 bits per heavy atom. The van der Waals surface area contributed by atoms with E-state index in [4.69, 9.17) is 4.74 Å². The van der Waals surface area contributed by atoms with Crippen molar-refractivity contribution in [3.05, 3.63) is 35.4 Å². The predicted molar refractivity (Wildman–Crippen MR) is 77.2 cm³/mol. The Balaban J connectivity index is 1.84. The highest BCUT2D eigenvalue weighted by Crippen LogP contribution is 2.28. The molecule has 106 valence electrons. The number of rotatable bonds is 8. The van der Waals surface area contributed by atoms with Crippen molar-refractivity contribution >= 4 is 0 Å². The summed E-state index contributed by atoms with van der Waals surface area (Å²) < 4.78 is 5.16. The van der Waals surface area contributed by atoms with Gasteiger partial charge < -0.3 is 9.84 Å². The summed E-state index contributed by atoms with van der Waals surface area (Å²) >= 11 is 0. The summed E-state index contributed by atoms with van der Waals surface area (Å²) in [6.07, 6.45) is 3.03. The zero-order chi connectivity index (χ0) is 13.7. The molecular formula is C16H25NO2. The van der Waals surface area contributed by atoms with E-state index in [0.29, 0.717) is 0 Å². The summed E-state index contributed by atoms with van der Waals surface area (Å²) in [5.74, 6) is 0. The third kappa shape index (κ3) is 4.30. The van der Waals surface area contributed by atoms with Crippen molar-refractivity contribution in [2.45, 2.75) is 38.3 Å². The summed E-state index contributed by atoms with van der Waals surface area (Å²) in [7, 11) is 1.74. The number of aliphatic hydroxyl groups is 1. The van der Waals surface area contributed by atoms with Crippen LogP contribution >= 0.6 is 0 Å². The highest BCUT2D eigenvalue weighted by Gasteiger charge is 2.28. The lowest BCUT2D eigenvalue weighted by Crippen LogP contribution is -2.31. The molecule has 3 heteroatoms. The summed E-state index contributed by atoms with van der Waals surface area (Å²) in [5, 5.41) is 10.3. The molecule has 0 heterocycles. The van der Waals surface area contributed by atoms with Crippen LogP contribution in [0, 0.1) is 6.92 Å². The van der Waals surface area contributed by atoms with Crippen LogP contribution in [0.15, 0.2) is 24.3 Å². The van der Waals surface area contributed by atoms with Gasteiger partial charge in [0.15, 0.2) is 0 Å². The molecule has 19 heavy (non-hydrogen) atoms. The largest absolute Gasteiger partial charge is 0.388 e. The highest BCUT2D eigenvalue weighted by molar-refractivity contribution is 5.27. The van der Waals surface area contributed by atoms with Gasteiger partial charge >= 0.3 is 0 Å². The normalized spacial score (nSPS) is 16.8. The SMILES string of the molecule is COCCN(CCC(O)c1ccccc1C)C1CC1. The minimum absolute atomic E-state index is 0.356. The number of aliphatic hydroxyl groups excluding tert-OH is 1. The Morgan fingerprint density at radius 2 is 2.05 bits per heavy atom. The lowest BCUT2D eigenvalue weighted by molar-refractivity contribution is 0.113. The molecule has 1 aliphatic carbocycles. The van der Waals surface area contributed by atoms with Crippen LogP contribution in [0.2, 0.25) is 0 Å². The van der Waals surface area contributed by atoms with Gasteiger partial charge in [-0.25, -0.2) is 0 Å². The fourth-order valence-electron chi connectivity index (χ4n) is 2.53. The molecule has 1 N–H and O–H groups in total. The van der Waals surface area contributed by atoms with Crippen molar-refractivity contribution in [1.29, 1.82) is 0 Å². The first-order valence-electron chi connectivity index (χ1n) is 7.19. The molecule has 2 rings (SSSR count). The van der Waals surface area contributed by atoms with Crippen molar-refractivity contribution in [1.82, 2.24) is 4.90 Å². The predicted octanol–water partition coefficient (Wildman–Crippen LogP) is 2.53. The Bertz CT molecular complexity index is 390. The van der Waals surface area contributed by atoms with Crippen LogP contribution in [0.4, 0.5) is 0 Å². The van der Waals surface area contributed by atoms with Gasteiger partial charge in [-0.15, -0.1) is 0 Å². The van der Waals surface area contributed by atoms with Crippen LogP contribution in [-0.4, -0.2) is 42.9 Å². The van der Waals surface area contributed by atoms with E-state index in [9.17, 15) is 5.11 Å². The monoisotopic (exact) mass is 263 g/mol. The fraction of sp³-hybridized carbons (Fsp3) is 0.625. The average Bonchev–Trinajstić information content (AvgIpc) is 3.23. The Hall–Kier alpha value is -0.900. The van der Waals surface area contributed by atoms with Crippen LogP contribution in [0.5, 0.6) is 0 Å². The third-order valence-electron chi connectivity index (χ3n) is 3.88. The van der Waals surface area contributed by atoms with E-state index >= 15 is 0 Å². The van der Waals surface area contributed by atoms with Crippen LogP contribution in [0.3, 0.4) is 0 Å². The minimum atomic E-state index is -0.356. The second-order valence-corrected chi connectivity index (χ2v) is 5.42. The van der Waals surface area contributed by atoms with Crippen LogP contribution in [-0.2, 0) is 4.74 Å². The van der Waals surface area contributed by atoms with E-state index in [1.54, 1.807) is 7.11 Å². The number of methoxy groups -OCH3 is 1. The molecule has 1 aromatic carbocycles. The van der Waals surface area contributed by atoms with Crippen LogP contribution in [0.25, 0.3) is 0 Å². The Morgan fingerprint density at radius 1 is 1.32 bits per heavy atom. The van der Waals surface area contributed by atoms with Gasteiger partial charge in [-0.3, -0.25) is 4.90 Å². The molecule has 0 bridgehead atoms. The maximum absolute atomic E-state index is 10.3. The number of aryl methyl sites for hydroxylation is 1. The molecule has 0 aromatic heterocycles. The molecule has 1 unspecified atom stereocenters. The number of hydrogen-bond acceptors (Lipinski definition) is 3. The molecular weight excluding hydrogens is 238 g/mol. The molecule has 1 saturated carbocycles. The van der Waals surface area contributed by atoms with Crippen molar-refractivity contribution in [2.24, 2.45) is 0 Å². The molecule has 1 fully saturated rings. The molecule has 3 nitrogen and oxygen atoms in total. The first-order valence-corrected chi connectivity index (χ1v) is 7.19. The van der Waals surface area contributed by atoms with E-state index in [2.05, 4.69) is 17.9 Å². The van der Waals surface area contributed by atoms with Crippen molar-refractivity contribution in [3.63, 3.8) is 0 Å². The lowest BCUT2D eigenvalue weighted by atomic mass is 10.0. The van der Waals surface area contributed by atoms with Gasteiger partial charge in [0, 0.05) is 26.2 Å². The molecule has 0 aliphatic heterocycles. The van der Waals surface area contributed by atoms with Gasteiger partial charge in [-0.2, -0.15) is 0 Å². The zero-order valence-corrected chi connectivity index (χ0v) is 12.0. The molecule has 0 saturated heterocycles. The van der Waals surface area contributed by atoms with Crippen LogP contribution < -0.4 is 0 Å². The zero-order valence-electron chi connectivity index (χ0n) is 12.0. The third-order valence-corrected chi connectivity index (χ3v) is 3.88. The van der Waals surface area contributed by atoms with E-state index in [1.807, 2.05) is 18.2 Å². The van der Waals surface area contributed by atoms with Gasteiger partial charge in [-0.05, 0) is 37.3 Å². The van der Waals surface area contributed by atoms with E-state index in [1.165, 1.54) is 18.4 Å². The van der Waals surface area contributed by atoms with Gasteiger partial charge in [0.1, 0.15) is 0 Å². The molecule has 0 spiro atoms. The summed E-state index contributed by atoms with van der Waals surface area (Å²) in [6, 6.07) is 8.81. The first kappa shape index (κ1) is 14.5. The summed E-state index contributed by atoms with van der Waals surface area (Å²) in [4.78, 5) is 2.45. The van der Waals surface area contributed by atoms with Gasteiger partial charge in [0.05, 0.1) is 12.7 Å². The Kier molecular flexibility index (Phi) is 5.37. The number of ether oxygens (including phenoxy) is 1. The van der Waals surface area contributed by atoms with Crippen molar-refractivity contribution < 1.29 is 9.84 Å². The lowest BCUT2D eigenvalue weighted by Gasteiger charge is -2.23. The van der Waals surface area contributed by atoms with Crippen molar-refractivity contribution in [3.8, 4) is 0 Å². The molecule has 1 aliphatic rings. The number of benzene rings is 1. The average molecular weight is 263 g/mol. The van der Waals surface area contributed by atoms with E-state index in [-0.39, 0.29) is 6.10 Å². The molecule has 0 radical (unpaired) electrons. The van der Waals surface area contributed by atoms with Gasteiger partial charge in [-0.1, -0.05) is 24.3 Å². The summed E-state index contributed by atoms with van der Waals surface area (Å²) in [5.41, 5.74) is 2.23. The number of nitrogens with zero attached hydrogens (tertiary/aromatic N) is 1. The highest BCUT2D eigenvalue weighted by atomic mass is 16.5. The maximum Gasteiger partial charge on any atom is 0.0804 e. The maximum atomic E-state index is 10.3. The van der Waals surface area contributed by atoms with Crippen LogP contribution in [0.1, 0.15) is 36.5 Å². The quantitative estimate of drug-likeness (QED) is 0.782. The standard InChI is InChI=1S/C16H25NO2/c1-13-5-3-4-6-15(13)16(18)9-10-17(11-12-19-2)14-7-8-14/h3-6,14,16,18H,7-12H2,1-2H3. The topological polar surface area (TPSA) is 32.7 Å². The van der Waals surface area contributed by atoms with Crippen molar-refractivity contribution in [2.75, 3.05) is 26.8 Å². The van der Waals surface area contributed by atoms with Gasteiger partial charge in [0.25, 0.3) is 0 Å². The second kappa shape index (κ2) is 7.04. The fourth-order valence-corrected chi connectivity index (χ4v) is 2.53. The molecule has 1 aromatic rings. The minimum Gasteiger partial charge on any atom is -0.388 e. The first-order chi connectivity index (χ1) is 9.22. The molecule has 1 atom stereocenters. The van der Waals surface area contributed by atoms with E-state index in [0.717, 1.165) is 37.7 Å². The van der Waals surface area contributed by atoms with Gasteiger partial charge in [0.2, 0.25) is 0 Å².